The lowest BCUT2D eigenvalue weighted by atomic mass is 9.93. The van der Waals surface area contributed by atoms with Crippen LogP contribution in [0.5, 0.6) is 5.75 Å². The van der Waals surface area contributed by atoms with Crippen molar-refractivity contribution in [2.24, 2.45) is 0 Å². The first-order chi connectivity index (χ1) is 10.1. The Labute approximate surface area is 129 Å². The van der Waals surface area contributed by atoms with Gasteiger partial charge in [0.25, 0.3) is 5.91 Å². The monoisotopic (exact) mass is 303 g/mol. The van der Waals surface area contributed by atoms with Gasteiger partial charge in [0, 0.05) is 11.4 Å². The summed E-state index contributed by atoms with van der Waals surface area (Å²) >= 11 is 6.09. The summed E-state index contributed by atoms with van der Waals surface area (Å²) in [5.41, 5.74) is 0.890. The summed E-state index contributed by atoms with van der Waals surface area (Å²) in [5.74, 6) is 0.753. The molecule has 2 aromatic rings. The molecule has 0 saturated heterocycles. The van der Waals surface area contributed by atoms with Crippen molar-refractivity contribution in [3.63, 3.8) is 0 Å². The van der Waals surface area contributed by atoms with Crippen LogP contribution in [0.1, 0.15) is 22.8 Å². The second-order valence-corrected chi connectivity index (χ2v) is 5.29. The van der Waals surface area contributed by atoms with Crippen LogP contribution >= 0.6 is 11.6 Å². The summed E-state index contributed by atoms with van der Waals surface area (Å²) in [6.45, 7) is 1.91. The summed E-state index contributed by atoms with van der Waals surface area (Å²) in [7, 11) is 1.57. The van der Waals surface area contributed by atoms with Crippen LogP contribution in [0.25, 0.3) is 0 Å². The van der Waals surface area contributed by atoms with Crippen molar-refractivity contribution in [3.05, 3.63) is 65.7 Å². The Balaban J connectivity index is 2.23. The van der Waals surface area contributed by atoms with E-state index in [1.165, 1.54) is 0 Å². The van der Waals surface area contributed by atoms with Gasteiger partial charge in [0.15, 0.2) is 0 Å². The van der Waals surface area contributed by atoms with E-state index in [0.717, 1.165) is 5.56 Å². The maximum Gasteiger partial charge on any atom is 0.252 e. The number of benzene rings is 2. The minimum absolute atomic E-state index is 0.180. The quantitative estimate of drug-likeness (QED) is 0.857. The average molecular weight is 304 g/mol. The molecule has 0 spiro atoms. The van der Waals surface area contributed by atoms with E-state index in [1.54, 1.807) is 31.4 Å². The van der Waals surface area contributed by atoms with Gasteiger partial charge >= 0.3 is 0 Å². The molecule has 0 saturated carbocycles. The molecule has 0 aromatic heterocycles. The second-order valence-electron chi connectivity index (χ2n) is 5.02. The van der Waals surface area contributed by atoms with E-state index in [0.29, 0.717) is 11.3 Å². The van der Waals surface area contributed by atoms with Gasteiger partial charge < -0.3 is 10.1 Å². The Morgan fingerprint density at radius 1 is 1.19 bits per heavy atom. The van der Waals surface area contributed by atoms with Crippen LogP contribution in [0.2, 0.25) is 0 Å². The van der Waals surface area contributed by atoms with Crippen molar-refractivity contribution in [3.8, 4) is 5.75 Å². The van der Waals surface area contributed by atoms with Crippen molar-refractivity contribution < 1.29 is 9.53 Å². The molecular formula is C17H18ClNO2. The Morgan fingerprint density at radius 2 is 1.90 bits per heavy atom. The fourth-order valence-electron chi connectivity index (χ4n) is 2.08. The van der Waals surface area contributed by atoms with E-state index >= 15 is 0 Å². The predicted octanol–water partition coefficient (Wildman–Crippen LogP) is 3.58. The van der Waals surface area contributed by atoms with Gasteiger partial charge in [0.2, 0.25) is 0 Å². The third-order valence-corrected chi connectivity index (χ3v) is 3.93. The van der Waals surface area contributed by atoms with Crippen LogP contribution in [-0.4, -0.2) is 18.9 Å². The first kappa shape index (κ1) is 15.4. The van der Waals surface area contributed by atoms with Gasteiger partial charge in [0.1, 0.15) is 5.75 Å². The van der Waals surface area contributed by atoms with E-state index < -0.39 is 5.54 Å². The van der Waals surface area contributed by atoms with Crippen LogP contribution in [0.4, 0.5) is 0 Å². The molecule has 4 heteroatoms. The minimum Gasteiger partial charge on any atom is -0.497 e. The normalized spacial score (nSPS) is 13.3. The number of nitrogens with one attached hydrogen (secondary N) is 1. The number of carbonyl (C=O) groups is 1. The number of ether oxygens (including phenoxy) is 1. The van der Waals surface area contributed by atoms with Crippen LogP contribution in [0.15, 0.2) is 54.6 Å². The zero-order valence-corrected chi connectivity index (χ0v) is 12.9. The molecule has 21 heavy (non-hydrogen) atoms. The van der Waals surface area contributed by atoms with E-state index in [-0.39, 0.29) is 11.8 Å². The number of halogens is 1. The molecule has 2 aromatic carbocycles. The van der Waals surface area contributed by atoms with Gasteiger partial charge in [-0.3, -0.25) is 4.79 Å². The van der Waals surface area contributed by atoms with Crippen molar-refractivity contribution in [2.75, 3.05) is 13.0 Å². The maximum atomic E-state index is 12.4. The molecule has 1 unspecified atom stereocenters. The van der Waals surface area contributed by atoms with Crippen LogP contribution in [0, 0.1) is 0 Å². The topological polar surface area (TPSA) is 38.3 Å². The Bertz CT molecular complexity index is 615. The summed E-state index contributed by atoms with van der Waals surface area (Å²) in [6.07, 6.45) is 0. The standard InChI is InChI=1S/C17H18ClNO2/c1-17(12-18,14-8-4-3-5-9-14)19-16(20)13-7-6-10-15(11-13)21-2/h3-11H,12H2,1-2H3,(H,19,20). The highest BCUT2D eigenvalue weighted by Crippen LogP contribution is 2.23. The SMILES string of the molecule is COc1cccc(C(=O)NC(C)(CCl)c2ccccc2)c1. The van der Waals surface area contributed by atoms with Crippen LogP contribution in [0.3, 0.4) is 0 Å². The molecule has 3 nitrogen and oxygen atoms in total. The Hall–Kier alpha value is -2.00. The van der Waals surface area contributed by atoms with Gasteiger partial charge in [-0.15, -0.1) is 11.6 Å². The molecule has 2 rings (SSSR count). The minimum atomic E-state index is -0.622. The van der Waals surface area contributed by atoms with Crippen molar-refractivity contribution in [1.82, 2.24) is 5.32 Å². The maximum absolute atomic E-state index is 12.4. The van der Waals surface area contributed by atoms with Crippen molar-refractivity contribution >= 4 is 17.5 Å². The highest BCUT2D eigenvalue weighted by Gasteiger charge is 2.28. The number of alkyl halides is 1. The van der Waals surface area contributed by atoms with Crippen molar-refractivity contribution in [1.29, 1.82) is 0 Å². The summed E-state index contributed by atoms with van der Waals surface area (Å²) in [5, 5.41) is 3.00. The third kappa shape index (κ3) is 3.56. The van der Waals surface area contributed by atoms with Gasteiger partial charge in [-0.2, -0.15) is 0 Å². The smallest absolute Gasteiger partial charge is 0.252 e. The zero-order valence-electron chi connectivity index (χ0n) is 12.1. The molecule has 0 bridgehead atoms. The number of hydrogen-bond acceptors (Lipinski definition) is 2. The van der Waals surface area contributed by atoms with Gasteiger partial charge in [0.05, 0.1) is 12.6 Å². The fraction of sp³-hybridized carbons (Fsp3) is 0.235. The highest BCUT2D eigenvalue weighted by atomic mass is 35.5. The summed E-state index contributed by atoms with van der Waals surface area (Å²) < 4.78 is 5.14. The molecule has 0 aliphatic carbocycles. The van der Waals surface area contributed by atoms with Gasteiger partial charge in [-0.25, -0.2) is 0 Å². The molecule has 0 aliphatic rings. The molecule has 0 fully saturated rings. The molecule has 0 radical (unpaired) electrons. The zero-order chi connectivity index (χ0) is 15.3. The average Bonchev–Trinajstić information content (AvgIpc) is 2.55. The molecular weight excluding hydrogens is 286 g/mol. The Kier molecular flexibility index (Phi) is 4.86. The van der Waals surface area contributed by atoms with Crippen molar-refractivity contribution in [2.45, 2.75) is 12.5 Å². The van der Waals surface area contributed by atoms with Gasteiger partial charge in [-0.1, -0.05) is 36.4 Å². The van der Waals surface area contributed by atoms with E-state index in [9.17, 15) is 4.79 Å². The third-order valence-electron chi connectivity index (χ3n) is 3.40. The van der Waals surface area contributed by atoms with Gasteiger partial charge in [-0.05, 0) is 30.7 Å². The molecule has 0 heterocycles. The largest absolute Gasteiger partial charge is 0.497 e. The lowest BCUT2D eigenvalue weighted by Crippen LogP contribution is -2.45. The second kappa shape index (κ2) is 6.64. The van der Waals surface area contributed by atoms with Crippen LogP contribution < -0.4 is 10.1 Å². The molecule has 1 atom stereocenters. The summed E-state index contributed by atoms with van der Waals surface area (Å²) in [6, 6.07) is 16.7. The highest BCUT2D eigenvalue weighted by molar-refractivity contribution is 6.19. The van der Waals surface area contributed by atoms with E-state index in [1.807, 2.05) is 37.3 Å². The number of rotatable bonds is 5. The molecule has 110 valence electrons. The predicted molar refractivity (Wildman–Crippen MR) is 85.0 cm³/mol. The first-order valence-electron chi connectivity index (χ1n) is 6.67. The molecule has 1 amide bonds. The lowest BCUT2D eigenvalue weighted by molar-refractivity contribution is 0.0913. The van der Waals surface area contributed by atoms with E-state index in [2.05, 4.69) is 5.32 Å². The number of methoxy groups -OCH3 is 1. The number of carbonyl (C=O) groups excluding carboxylic acids is 1. The molecule has 0 aliphatic heterocycles. The molecule has 1 N–H and O–H groups in total. The number of amides is 1. The van der Waals surface area contributed by atoms with Crippen LogP contribution in [-0.2, 0) is 5.54 Å². The summed E-state index contributed by atoms with van der Waals surface area (Å²) in [4.78, 5) is 12.4. The van der Waals surface area contributed by atoms with E-state index in [4.69, 9.17) is 16.3 Å². The number of hydrogen-bond donors (Lipinski definition) is 1. The fourth-order valence-corrected chi connectivity index (χ4v) is 2.30. The lowest BCUT2D eigenvalue weighted by Gasteiger charge is -2.29. The Morgan fingerprint density at radius 3 is 2.52 bits per heavy atom. The first-order valence-corrected chi connectivity index (χ1v) is 7.20.